The van der Waals surface area contributed by atoms with Crippen LogP contribution < -0.4 is 5.32 Å². The first kappa shape index (κ1) is 22.2. The van der Waals surface area contributed by atoms with Gasteiger partial charge in [0.25, 0.3) is 0 Å². The number of hydrogen-bond acceptors (Lipinski definition) is 5. The van der Waals surface area contributed by atoms with Gasteiger partial charge in [0.05, 0.1) is 6.61 Å². The van der Waals surface area contributed by atoms with Crippen LogP contribution in [-0.2, 0) is 14.3 Å². The Morgan fingerprint density at radius 2 is 1.70 bits per heavy atom. The van der Waals surface area contributed by atoms with Gasteiger partial charge in [-0.1, -0.05) is 55.5 Å². The summed E-state index contributed by atoms with van der Waals surface area (Å²) in [6.45, 7) is 3.45. The molecule has 0 aromatic heterocycles. The van der Waals surface area contributed by atoms with Gasteiger partial charge in [-0.15, -0.1) is 0 Å². The maximum atomic E-state index is 12.3. The maximum absolute atomic E-state index is 12.3. The molecule has 1 unspecified atom stereocenters. The lowest BCUT2D eigenvalue weighted by molar-refractivity contribution is -0.138. The molecule has 0 bridgehead atoms. The SMILES string of the molecule is CCCOCCSCC(NC(=O)OCC1c2ccccc2-c2ccccc21)C(=O)O. The predicted molar refractivity (Wildman–Crippen MR) is 118 cm³/mol. The van der Waals surface area contributed by atoms with Gasteiger partial charge in [-0.25, -0.2) is 9.59 Å². The fourth-order valence-corrected chi connectivity index (χ4v) is 4.39. The second-order valence-electron chi connectivity index (χ2n) is 7.05. The molecule has 160 valence electrons. The fraction of sp³-hybridized carbons (Fsp3) is 0.391. The minimum Gasteiger partial charge on any atom is -0.480 e. The number of nitrogens with one attached hydrogen (secondary N) is 1. The standard InChI is InChI=1S/C23H27NO5S/c1-2-11-28-12-13-30-15-21(22(25)26)24-23(27)29-14-20-18-9-5-3-7-16(18)17-8-4-6-10-19(17)20/h3-10,20-21H,2,11-15H2,1H3,(H,24,27)(H,25,26). The van der Waals surface area contributed by atoms with Crippen molar-refractivity contribution in [3.05, 3.63) is 59.7 Å². The van der Waals surface area contributed by atoms with Gasteiger partial charge in [0.15, 0.2) is 0 Å². The van der Waals surface area contributed by atoms with Crippen LogP contribution in [0.2, 0.25) is 0 Å². The van der Waals surface area contributed by atoms with Gasteiger partial charge in [-0.2, -0.15) is 11.8 Å². The lowest BCUT2D eigenvalue weighted by atomic mass is 9.98. The number of thioether (sulfide) groups is 1. The summed E-state index contributed by atoms with van der Waals surface area (Å²) < 4.78 is 10.8. The average Bonchev–Trinajstić information content (AvgIpc) is 3.07. The van der Waals surface area contributed by atoms with Crippen molar-refractivity contribution in [1.82, 2.24) is 5.32 Å². The molecule has 30 heavy (non-hydrogen) atoms. The van der Waals surface area contributed by atoms with Crippen molar-refractivity contribution < 1.29 is 24.2 Å². The molecule has 1 aliphatic carbocycles. The molecule has 0 spiro atoms. The number of hydrogen-bond donors (Lipinski definition) is 2. The molecule has 3 rings (SSSR count). The Morgan fingerprint density at radius 3 is 2.30 bits per heavy atom. The molecule has 7 heteroatoms. The van der Waals surface area contributed by atoms with Crippen LogP contribution in [0.5, 0.6) is 0 Å². The van der Waals surface area contributed by atoms with Crippen LogP contribution in [0.3, 0.4) is 0 Å². The molecule has 2 N–H and O–H groups in total. The second kappa shape index (κ2) is 11.0. The molecule has 2 aromatic carbocycles. The number of ether oxygens (including phenoxy) is 2. The number of alkyl carbamates (subject to hydrolysis) is 1. The maximum Gasteiger partial charge on any atom is 0.407 e. The fourth-order valence-electron chi connectivity index (χ4n) is 3.52. The van der Waals surface area contributed by atoms with Gasteiger partial charge in [0.1, 0.15) is 12.6 Å². The van der Waals surface area contributed by atoms with E-state index in [0.29, 0.717) is 19.0 Å². The molecule has 1 atom stereocenters. The van der Waals surface area contributed by atoms with Crippen LogP contribution in [0.1, 0.15) is 30.4 Å². The highest BCUT2D eigenvalue weighted by Gasteiger charge is 2.29. The summed E-state index contributed by atoms with van der Waals surface area (Å²) in [5, 5.41) is 11.9. The van der Waals surface area contributed by atoms with Gasteiger partial charge in [-0.3, -0.25) is 0 Å². The Kier molecular flexibility index (Phi) is 8.16. The summed E-state index contributed by atoms with van der Waals surface area (Å²) in [6, 6.07) is 15.1. The first-order valence-electron chi connectivity index (χ1n) is 10.1. The van der Waals surface area contributed by atoms with E-state index in [1.54, 1.807) is 0 Å². The van der Waals surface area contributed by atoms with Crippen molar-refractivity contribution in [2.45, 2.75) is 25.3 Å². The van der Waals surface area contributed by atoms with E-state index < -0.39 is 18.1 Å². The lowest BCUT2D eigenvalue weighted by Gasteiger charge is -2.17. The minimum atomic E-state index is -1.08. The monoisotopic (exact) mass is 429 g/mol. The van der Waals surface area contributed by atoms with Gasteiger partial charge >= 0.3 is 12.1 Å². The molecular formula is C23H27NO5S. The normalized spacial score (nSPS) is 13.4. The van der Waals surface area contributed by atoms with E-state index in [4.69, 9.17) is 9.47 Å². The lowest BCUT2D eigenvalue weighted by Crippen LogP contribution is -2.43. The van der Waals surface area contributed by atoms with E-state index in [0.717, 1.165) is 28.7 Å². The highest BCUT2D eigenvalue weighted by atomic mass is 32.2. The number of aliphatic carboxylic acids is 1. The molecule has 0 fully saturated rings. The summed E-state index contributed by atoms with van der Waals surface area (Å²) in [5.41, 5.74) is 4.52. The third-order valence-electron chi connectivity index (χ3n) is 4.94. The van der Waals surface area contributed by atoms with Crippen LogP contribution >= 0.6 is 11.8 Å². The summed E-state index contributed by atoms with van der Waals surface area (Å²) in [4.78, 5) is 23.8. The number of benzene rings is 2. The molecule has 1 amide bonds. The van der Waals surface area contributed by atoms with E-state index in [1.807, 2.05) is 43.3 Å². The topological polar surface area (TPSA) is 84.9 Å². The molecule has 2 aromatic rings. The molecule has 0 saturated heterocycles. The zero-order valence-electron chi connectivity index (χ0n) is 17.0. The first-order chi connectivity index (χ1) is 14.6. The first-order valence-corrected chi connectivity index (χ1v) is 11.3. The van der Waals surface area contributed by atoms with Crippen LogP contribution in [0.15, 0.2) is 48.5 Å². The summed E-state index contributed by atoms with van der Waals surface area (Å²) in [7, 11) is 0. The largest absolute Gasteiger partial charge is 0.480 e. The molecule has 0 saturated carbocycles. The van der Waals surface area contributed by atoms with Crippen molar-refractivity contribution in [2.75, 3.05) is 31.3 Å². The quantitative estimate of drug-likeness (QED) is 0.522. The molecular weight excluding hydrogens is 402 g/mol. The summed E-state index contributed by atoms with van der Waals surface area (Å²) >= 11 is 1.43. The van der Waals surface area contributed by atoms with E-state index >= 15 is 0 Å². The van der Waals surface area contributed by atoms with Gasteiger partial charge in [0.2, 0.25) is 0 Å². The van der Waals surface area contributed by atoms with Crippen molar-refractivity contribution >= 4 is 23.8 Å². The van der Waals surface area contributed by atoms with Crippen LogP contribution in [0.25, 0.3) is 11.1 Å². The molecule has 1 aliphatic rings. The van der Waals surface area contributed by atoms with Crippen molar-refractivity contribution in [2.24, 2.45) is 0 Å². The Bertz CT molecular complexity index is 827. The smallest absolute Gasteiger partial charge is 0.407 e. The van der Waals surface area contributed by atoms with Gasteiger partial charge < -0.3 is 19.9 Å². The Balaban J connectivity index is 1.53. The summed E-state index contributed by atoms with van der Waals surface area (Å²) in [5.74, 6) is -0.201. The third kappa shape index (κ3) is 5.55. The van der Waals surface area contributed by atoms with Crippen LogP contribution in [0, 0.1) is 0 Å². The average molecular weight is 430 g/mol. The van der Waals surface area contributed by atoms with Crippen LogP contribution in [0.4, 0.5) is 4.79 Å². The van der Waals surface area contributed by atoms with E-state index in [9.17, 15) is 14.7 Å². The number of carboxylic acids is 1. The molecule has 6 nitrogen and oxygen atoms in total. The number of fused-ring (bicyclic) bond motifs is 3. The number of rotatable bonds is 11. The van der Waals surface area contributed by atoms with Crippen molar-refractivity contribution in [1.29, 1.82) is 0 Å². The van der Waals surface area contributed by atoms with Gasteiger partial charge in [-0.05, 0) is 28.7 Å². The molecule has 0 aliphatic heterocycles. The van der Waals surface area contributed by atoms with Crippen molar-refractivity contribution in [3.8, 4) is 11.1 Å². The number of carbonyl (C=O) groups is 2. The second-order valence-corrected chi connectivity index (χ2v) is 8.20. The van der Waals surface area contributed by atoms with E-state index in [2.05, 4.69) is 17.4 Å². The minimum absolute atomic E-state index is 0.0588. The highest BCUT2D eigenvalue weighted by molar-refractivity contribution is 7.99. The third-order valence-corrected chi connectivity index (χ3v) is 5.96. The van der Waals surface area contributed by atoms with Crippen molar-refractivity contribution in [3.63, 3.8) is 0 Å². The molecule has 0 heterocycles. The number of carbonyl (C=O) groups excluding carboxylic acids is 1. The van der Waals surface area contributed by atoms with E-state index in [1.165, 1.54) is 11.8 Å². The predicted octanol–water partition coefficient (Wildman–Crippen LogP) is 4.14. The highest BCUT2D eigenvalue weighted by Crippen LogP contribution is 2.44. The van der Waals surface area contributed by atoms with Gasteiger partial charge in [0, 0.05) is 24.0 Å². The zero-order chi connectivity index (χ0) is 21.3. The van der Waals surface area contributed by atoms with Crippen LogP contribution in [-0.4, -0.2) is 54.5 Å². The Hall–Kier alpha value is -2.51. The van der Waals surface area contributed by atoms with E-state index in [-0.39, 0.29) is 18.3 Å². The summed E-state index contributed by atoms with van der Waals surface area (Å²) in [6.07, 6.45) is 0.235. The Morgan fingerprint density at radius 1 is 1.07 bits per heavy atom. The molecule has 0 radical (unpaired) electrons. The Labute approximate surface area is 181 Å². The zero-order valence-corrected chi connectivity index (χ0v) is 17.8. The number of carboxylic acid groups (broad SMARTS) is 1. The number of amides is 1.